The van der Waals surface area contributed by atoms with Gasteiger partial charge in [0.15, 0.2) is 11.5 Å². The highest BCUT2D eigenvalue weighted by atomic mass is 16.5. The Morgan fingerprint density at radius 1 is 0.949 bits per heavy atom. The van der Waals surface area contributed by atoms with Crippen molar-refractivity contribution in [1.29, 1.82) is 0 Å². The zero-order valence-corrected chi connectivity index (χ0v) is 22.1. The Kier molecular flexibility index (Phi) is 5.55. The molecule has 0 N–H and O–H groups in total. The first-order chi connectivity index (χ1) is 19.1. The summed E-state index contributed by atoms with van der Waals surface area (Å²) in [6.45, 7) is 6.67. The maximum Gasteiger partial charge on any atom is 0.228 e. The summed E-state index contributed by atoms with van der Waals surface area (Å²) in [5.74, 6) is 3.11. The van der Waals surface area contributed by atoms with Crippen LogP contribution in [-0.4, -0.2) is 19.6 Å². The normalized spacial score (nSPS) is 14.3. The van der Waals surface area contributed by atoms with E-state index in [0.717, 1.165) is 50.2 Å². The fraction of sp³-hybridized carbons (Fsp3) is 0.182. The Labute approximate surface area is 226 Å². The lowest BCUT2D eigenvalue weighted by Gasteiger charge is -2.28. The number of aryl methyl sites for hydroxylation is 1. The highest BCUT2D eigenvalue weighted by Crippen LogP contribution is 2.50. The summed E-state index contributed by atoms with van der Waals surface area (Å²) < 4.78 is 14.5. The fourth-order valence-electron chi connectivity index (χ4n) is 5.53. The summed E-state index contributed by atoms with van der Waals surface area (Å²) in [6.07, 6.45) is 1.68. The summed E-state index contributed by atoms with van der Waals surface area (Å²) >= 11 is 0. The maximum atomic E-state index is 6.52. The minimum Gasteiger partial charge on any atom is -0.485 e. The molecule has 1 unspecified atom stereocenters. The number of rotatable bonds is 5. The van der Waals surface area contributed by atoms with Crippen LogP contribution in [0.15, 0.2) is 91.3 Å². The SMILES string of the molecule is Cc1ccc(C(C)C)c(OCc2nc3c4c(ncn3n2)Oc2c(ccc3ccccc23)C4c2ccccc2)c1. The zero-order chi connectivity index (χ0) is 26.5. The van der Waals surface area contributed by atoms with Crippen LogP contribution in [0, 0.1) is 6.92 Å². The third-order valence-corrected chi connectivity index (χ3v) is 7.42. The molecule has 0 fully saturated rings. The Morgan fingerprint density at radius 3 is 2.62 bits per heavy atom. The number of aromatic nitrogens is 4. The van der Waals surface area contributed by atoms with Crippen molar-refractivity contribution in [3.8, 4) is 17.4 Å². The highest BCUT2D eigenvalue weighted by molar-refractivity contribution is 5.91. The van der Waals surface area contributed by atoms with E-state index in [4.69, 9.17) is 24.5 Å². The Bertz CT molecular complexity index is 1840. The van der Waals surface area contributed by atoms with Gasteiger partial charge < -0.3 is 9.47 Å². The summed E-state index contributed by atoms with van der Waals surface area (Å²) in [6, 6.07) is 29.4. The van der Waals surface area contributed by atoms with Crippen molar-refractivity contribution in [2.45, 2.75) is 39.2 Å². The van der Waals surface area contributed by atoms with Crippen LogP contribution in [0.2, 0.25) is 0 Å². The van der Waals surface area contributed by atoms with E-state index >= 15 is 0 Å². The number of hydrogen-bond donors (Lipinski definition) is 0. The van der Waals surface area contributed by atoms with E-state index in [-0.39, 0.29) is 12.5 Å². The molecule has 0 bridgehead atoms. The van der Waals surface area contributed by atoms with E-state index in [1.807, 2.05) is 18.2 Å². The molecule has 0 amide bonds. The van der Waals surface area contributed by atoms with Gasteiger partial charge in [0, 0.05) is 16.9 Å². The Balaban J connectivity index is 1.34. The molecular weight excluding hydrogens is 484 g/mol. The van der Waals surface area contributed by atoms with Crippen molar-refractivity contribution in [2.75, 3.05) is 0 Å². The third-order valence-electron chi connectivity index (χ3n) is 7.42. The molecule has 0 saturated heterocycles. The monoisotopic (exact) mass is 512 g/mol. The first kappa shape index (κ1) is 23.4. The van der Waals surface area contributed by atoms with Crippen LogP contribution in [0.4, 0.5) is 0 Å². The Morgan fingerprint density at radius 2 is 1.77 bits per heavy atom. The molecule has 1 atom stereocenters. The number of ether oxygens (including phenoxy) is 2. The topological polar surface area (TPSA) is 61.5 Å². The summed E-state index contributed by atoms with van der Waals surface area (Å²) in [5, 5.41) is 6.93. The van der Waals surface area contributed by atoms with Crippen LogP contribution in [0.25, 0.3) is 16.4 Å². The van der Waals surface area contributed by atoms with Gasteiger partial charge in [-0.1, -0.05) is 92.7 Å². The third kappa shape index (κ3) is 4.00. The molecule has 0 radical (unpaired) electrons. The van der Waals surface area contributed by atoms with E-state index in [2.05, 4.69) is 87.5 Å². The summed E-state index contributed by atoms with van der Waals surface area (Å²) in [5.41, 5.74) is 6.19. The van der Waals surface area contributed by atoms with Gasteiger partial charge in [-0.15, -0.1) is 5.10 Å². The van der Waals surface area contributed by atoms with Crippen LogP contribution in [0.5, 0.6) is 17.4 Å². The van der Waals surface area contributed by atoms with E-state index in [1.165, 1.54) is 5.56 Å². The quantitative estimate of drug-likeness (QED) is 0.238. The maximum absolute atomic E-state index is 6.52. The van der Waals surface area contributed by atoms with E-state index in [0.29, 0.717) is 17.6 Å². The molecule has 192 valence electrons. The molecule has 2 aromatic heterocycles. The van der Waals surface area contributed by atoms with Gasteiger partial charge in [-0.05, 0) is 41.0 Å². The van der Waals surface area contributed by atoms with Crippen LogP contribution < -0.4 is 9.47 Å². The first-order valence-corrected chi connectivity index (χ1v) is 13.3. The van der Waals surface area contributed by atoms with Gasteiger partial charge in [0.25, 0.3) is 0 Å². The second-order valence-electron chi connectivity index (χ2n) is 10.4. The number of nitrogens with zero attached hydrogens (tertiary/aromatic N) is 4. The molecule has 6 aromatic rings. The van der Waals surface area contributed by atoms with E-state index in [9.17, 15) is 0 Å². The van der Waals surface area contributed by atoms with Crippen molar-refractivity contribution in [2.24, 2.45) is 0 Å². The second kappa shape index (κ2) is 9.24. The lowest BCUT2D eigenvalue weighted by atomic mass is 9.83. The molecule has 4 aromatic carbocycles. The minimum atomic E-state index is -0.104. The molecule has 6 nitrogen and oxygen atoms in total. The van der Waals surface area contributed by atoms with E-state index < -0.39 is 0 Å². The van der Waals surface area contributed by atoms with Crippen LogP contribution >= 0.6 is 0 Å². The van der Waals surface area contributed by atoms with Crippen LogP contribution in [0.3, 0.4) is 0 Å². The number of hydrogen-bond acceptors (Lipinski definition) is 5. The number of benzene rings is 4. The molecule has 39 heavy (non-hydrogen) atoms. The molecule has 0 spiro atoms. The molecule has 6 heteroatoms. The van der Waals surface area contributed by atoms with Gasteiger partial charge in [-0.3, -0.25) is 0 Å². The standard InChI is InChI=1S/C33H28N4O2/c1-20(2)24-15-13-21(3)17-27(24)38-18-28-35-32-30-29(23-10-5-4-6-11-23)26-16-14-22-9-7-8-12-25(22)31(26)39-33(30)34-19-37(32)36-28/h4-17,19-20,29H,18H2,1-3H3. The predicted molar refractivity (Wildman–Crippen MR) is 152 cm³/mol. The van der Waals surface area contributed by atoms with Crippen molar-refractivity contribution >= 4 is 16.4 Å². The molecule has 1 aliphatic rings. The molecule has 7 rings (SSSR count). The van der Waals surface area contributed by atoms with Gasteiger partial charge in [0.1, 0.15) is 24.4 Å². The molecule has 0 aliphatic carbocycles. The zero-order valence-electron chi connectivity index (χ0n) is 22.1. The molecule has 1 aliphatic heterocycles. The van der Waals surface area contributed by atoms with Gasteiger partial charge in [-0.2, -0.15) is 0 Å². The molecule has 0 saturated carbocycles. The molecule has 3 heterocycles. The fourth-order valence-corrected chi connectivity index (χ4v) is 5.53. The smallest absolute Gasteiger partial charge is 0.228 e. The van der Waals surface area contributed by atoms with Gasteiger partial charge >= 0.3 is 0 Å². The van der Waals surface area contributed by atoms with Crippen molar-refractivity contribution in [3.05, 3.63) is 125 Å². The largest absolute Gasteiger partial charge is 0.485 e. The van der Waals surface area contributed by atoms with Crippen LogP contribution in [0.1, 0.15) is 59.3 Å². The van der Waals surface area contributed by atoms with E-state index in [1.54, 1.807) is 10.8 Å². The lowest BCUT2D eigenvalue weighted by Crippen LogP contribution is -2.15. The average molecular weight is 513 g/mol. The van der Waals surface area contributed by atoms with Gasteiger partial charge in [-0.25, -0.2) is 14.5 Å². The highest BCUT2D eigenvalue weighted by Gasteiger charge is 2.34. The molecular formula is C33H28N4O2. The van der Waals surface area contributed by atoms with Crippen molar-refractivity contribution < 1.29 is 9.47 Å². The van der Waals surface area contributed by atoms with Crippen LogP contribution in [-0.2, 0) is 6.61 Å². The number of fused-ring (bicyclic) bond motifs is 6. The average Bonchev–Trinajstić information content (AvgIpc) is 3.38. The predicted octanol–water partition coefficient (Wildman–Crippen LogP) is 7.57. The van der Waals surface area contributed by atoms with Gasteiger partial charge in [0.05, 0.1) is 5.56 Å². The van der Waals surface area contributed by atoms with Crippen molar-refractivity contribution in [3.63, 3.8) is 0 Å². The van der Waals surface area contributed by atoms with Crippen molar-refractivity contribution in [1.82, 2.24) is 19.6 Å². The first-order valence-electron chi connectivity index (χ1n) is 13.3. The second-order valence-corrected chi connectivity index (χ2v) is 10.4. The Hall–Kier alpha value is -4.71. The summed E-state index contributed by atoms with van der Waals surface area (Å²) in [4.78, 5) is 9.66. The lowest BCUT2D eigenvalue weighted by molar-refractivity contribution is 0.291. The minimum absolute atomic E-state index is 0.104. The van der Waals surface area contributed by atoms with Gasteiger partial charge in [0.2, 0.25) is 5.88 Å². The summed E-state index contributed by atoms with van der Waals surface area (Å²) in [7, 11) is 0.